The van der Waals surface area contributed by atoms with E-state index in [1.807, 2.05) is 78.9 Å². The summed E-state index contributed by atoms with van der Waals surface area (Å²) in [6.07, 6.45) is 1.80. The standard InChI is InChI=1S/C24H19Cl2N5S/c25-18-10-6-16(7-11-18)21-14-28-22(30-23(21)17-8-12-19(26)13-9-17)15-29-24(27)31-32-20-4-2-1-3-5-20/h1-14H,15H2,(H3,27,29,31). The molecule has 0 fully saturated rings. The lowest BCUT2D eigenvalue weighted by Crippen LogP contribution is -2.26. The molecular formula is C24H19Cl2N5S. The number of nitrogens with two attached hydrogens (primary N) is 1. The Balaban J connectivity index is 1.58. The Hall–Kier alpha value is -3.06. The average molecular weight is 480 g/mol. The minimum Gasteiger partial charge on any atom is -0.369 e. The summed E-state index contributed by atoms with van der Waals surface area (Å²) in [4.78, 5) is 14.7. The van der Waals surface area contributed by atoms with Gasteiger partial charge < -0.3 is 5.73 Å². The molecule has 160 valence electrons. The zero-order valence-electron chi connectivity index (χ0n) is 16.9. The molecule has 3 aromatic carbocycles. The third-order valence-corrected chi connectivity index (χ3v) is 5.84. The van der Waals surface area contributed by atoms with Crippen molar-refractivity contribution < 1.29 is 0 Å². The van der Waals surface area contributed by atoms with Gasteiger partial charge in [0, 0.05) is 32.3 Å². The van der Waals surface area contributed by atoms with E-state index in [-0.39, 0.29) is 6.54 Å². The zero-order chi connectivity index (χ0) is 22.3. The molecule has 0 atom stereocenters. The Bertz CT molecular complexity index is 1210. The summed E-state index contributed by atoms with van der Waals surface area (Å²) >= 11 is 13.5. The van der Waals surface area contributed by atoms with Crippen molar-refractivity contribution in [3.8, 4) is 22.4 Å². The number of benzene rings is 3. The van der Waals surface area contributed by atoms with Gasteiger partial charge in [-0.05, 0) is 53.9 Å². The molecule has 3 N–H and O–H groups in total. The van der Waals surface area contributed by atoms with E-state index in [0.29, 0.717) is 21.8 Å². The number of nitrogens with one attached hydrogen (secondary N) is 1. The van der Waals surface area contributed by atoms with Gasteiger partial charge in [-0.2, -0.15) is 0 Å². The van der Waals surface area contributed by atoms with Gasteiger partial charge in [0.2, 0.25) is 0 Å². The van der Waals surface area contributed by atoms with Gasteiger partial charge >= 0.3 is 0 Å². The van der Waals surface area contributed by atoms with E-state index in [9.17, 15) is 0 Å². The number of aromatic nitrogens is 2. The first-order valence-electron chi connectivity index (χ1n) is 9.74. The Morgan fingerprint density at radius 2 is 1.50 bits per heavy atom. The highest BCUT2D eigenvalue weighted by atomic mass is 35.5. The third kappa shape index (κ3) is 5.79. The normalized spacial score (nSPS) is 11.4. The summed E-state index contributed by atoms with van der Waals surface area (Å²) in [7, 11) is 0. The fourth-order valence-corrected chi connectivity index (χ4v) is 3.78. The van der Waals surface area contributed by atoms with E-state index >= 15 is 0 Å². The van der Waals surface area contributed by atoms with E-state index in [0.717, 1.165) is 27.3 Å². The van der Waals surface area contributed by atoms with Crippen LogP contribution in [0, 0.1) is 0 Å². The summed E-state index contributed by atoms with van der Waals surface area (Å²) in [5.41, 5.74) is 9.58. The molecule has 4 aromatic rings. The smallest absolute Gasteiger partial charge is 0.199 e. The van der Waals surface area contributed by atoms with Crippen molar-refractivity contribution in [2.75, 3.05) is 0 Å². The van der Waals surface area contributed by atoms with Crippen LogP contribution in [-0.4, -0.2) is 15.9 Å². The first-order chi connectivity index (χ1) is 15.6. The zero-order valence-corrected chi connectivity index (χ0v) is 19.2. The molecule has 0 aliphatic rings. The van der Waals surface area contributed by atoms with Crippen LogP contribution in [0.3, 0.4) is 0 Å². The number of hydrogen-bond acceptors (Lipinski definition) is 4. The van der Waals surface area contributed by atoms with Crippen LogP contribution in [-0.2, 0) is 6.54 Å². The number of aliphatic imine (C=N–C) groups is 1. The Labute approximate surface area is 200 Å². The Morgan fingerprint density at radius 3 is 2.16 bits per heavy atom. The average Bonchev–Trinajstić information content (AvgIpc) is 2.83. The molecule has 0 radical (unpaired) electrons. The highest BCUT2D eigenvalue weighted by molar-refractivity contribution is 7.98. The first kappa shape index (κ1) is 22.1. The third-order valence-electron chi connectivity index (χ3n) is 4.52. The highest BCUT2D eigenvalue weighted by Crippen LogP contribution is 2.31. The molecule has 0 aliphatic carbocycles. The van der Waals surface area contributed by atoms with E-state index < -0.39 is 0 Å². The van der Waals surface area contributed by atoms with Crippen LogP contribution in [0.15, 0.2) is 94.9 Å². The lowest BCUT2D eigenvalue weighted by atomic mass is 10.0. The van der Waals surface area contributed by atoms with E-state index in [1.54, 1.807) is 6.20 Å². The maximum atomic E-state index is 6.08. The summed E-state index contributed by atoms with van der Waals surface area (Å²) in [6.45, 7) is 0.246. The summed E-state index contributed by atoms with van der Waals surface area (Å²) in [6, 6.07) is 25.0. The predicted molar refractivity (Wildman–Crippen MR) is 134 cm³/mol. The maximum Gasteiger partial charge on any atom is 0.199 e. The lowest BCUT2D eigenvalue weighted by Gasteiger charge is -2.11. The second-order valence-corrected chi connectivity index (χ2v) is 8.53. The monoisotopic (exact) mass is 479 g/mol. The van der Waals surface area contributed by atoms with Gasteiger partial charge in [0.25, 0.3) is 0 Å². The van der Waals surface area contributed by atoms with Crippen molar-refractivity contribution in [2.24, 2.45) is 10.7 Å². The van der Waals surface area contributed by atoms with Crippen LogP contribution in [0.25, 0.3) is 22.4 Å². The predicted octanol–water partition coefficient (Wildman–Crippen LogP) is 6.23. The van der Waals surface area contributed by atoms with Gasteiger partial charge in [-0.25, -0.2) is 15.0 Å². The van der Waals surface area contributed by atoms with Crippen molar-refractivity contribution in [1.29, 1.82) is 0 Å². The summed E-state index contributed by atoms with van der Waals surface area (Å²) in [5, 5.41) is 1.33. The van der Waals surface area contributed by atoms with Gasteiger partial charge in [-0.1, -0.05) is 65.7 Å². The molecule has 0 saturated heterocycles. The first-order valence-corrected chi connectivity index (χ1v) is 11.3. The summed E-state index contributed by atoms with van der Waals surface area (Å²) < 4.78 is 3.03. The van der Waals surface area contributed by atoms with E-state index in [1.165, 1.54) is 11.9 Å². The van der Waals surface area contributed by atoms with Crippen LogP contribution >= 0.6 is 35.1 Å². The molecule has 0 bridgehead atoms. The van der Waals surface area contributed by atoms with Crippen LogP contribution in [0.2, 0.25) is 10.0 Å². The summed E-state index contributed by atoms with van der Waals surface area (Å²) in [5.74, 6) is 0.861. The fourth-order valence-electron chi connectivity index (χ4n) is 2.95. The molecule has 0 aliphatic heterocycles. The minimum absolute atomic E-state index is 0.246. The molecule has 0 amide bonds. The topological polar surface area (TPSA) is 76.2 Å². The Morgan fingerprint density at radius 1 is 0.875 bits per heavy atom. The lowest BCUT2D eigenvalue weighted by molar-refractivity contribution is 0.907. The molecule has 1 heterocycles. The van der Waals surface area contributed by atoms with Crippen molar-refractivity contribution >= 4 is 41.1 Å². The van der Waals surface area contributed by atoms with Gasteiger partial charge in [0.15, 0.2) is 11.8 Å². The molecule has 4 rings (SSSR count). The van der Waals surface area contributed by atoms with Crippen LogP contribution in [0.1, 0.15) is 5.82 Å². The fraction of sp³-hybridized carbons (Fsp3) is 0.0417. The molecular weight excluding hydrogens is 461 g/mol. The van der Waals surface area contributed by atoms with Crippen molar-refractivity contribution in [3.63, 3.8) is 0 Å². The molecule has 0 saturated carbocycles. The van der Waals surface area contributed by atoms with Crippen LogP contribution in [0.5, 0.6) is 0 Å². The minimum atomic E-state index is 0.246. The van der Waals surface area contributed by atoms with Gasteiger partial charge in [0.1, 0.15) is 6.54 Å². The van der Waals surface area contributed by atoms with Crippen LogP contribution < -0.4 is 10.5 Å². The second kappa shape index (κ2) is 10.5. The number of nitrogens with zero attached hydrogens (tertiary/aromatic N) is 3. The largest absolute Gasteiger partial charge is 0.369 e. The van der Waals surface area contributed by atoms with Crippen molar-refractivity contribution in [3.05, 3.63) is 101 Å². The molecule has 5 nitrogen and oxygen atoms in total. The number of rotatable bonds is 6. The molecule has 0 unspecified atom stereocenters. The highest BCUT2D eigenvalue weighted by Gasteiger charge is 2.12. The number of guanidine groups is 1. The Kier molecular flexibility index (Phi) is 7.27. The van der Waals surface area contributed by atoms with E-state index in [2.05, 4.69) is 14.7 Å². The van der Waals surface area contributed by atoms with Crippen molar-refractivity contribution in [1.82, 2.24) is 14.7 Å². The molecule has 0 spiro atoms. The second-order valence-electron chi connectivity index (χ2n) is 6.78. The van der Waals surface area contributed by atoms with Crippen molar-refractivity contribution in [2.45, 2.75) is 11.4 Å². The van der Waals surface area contributed by atoms with E-state index in [4.69, 9.17) is 33.9 Å². The molecule has 8 heteroatoms. The van der Waals surface area contributed by atoms with Gasteiger partial charge in [-0.15, -0.1) is 0 Å². The molecule has 1 aromatic heterocycles. The molecule has 32 heavy (non-hydrogen) atoms. The van der Waals surface area contributed by atoms with Gasteiger partial charge in [-0.3, -0.25) is 4.72 Å². The SMILES string of the molecule is NC(=NCc1ncc(-c2ccc(Cl)cc2)c(-c2ccc(Cl)cc2)n1)NSc1ccccc1. The number of hydrogen-bond donors (Lipinski definition) is 2. The quantitative estimate of drug-likeness (QED) is 0.194. The van der Waals surface area contributed by atoms with Crippen LogP contribution in [0.4, 0.5) is 0 Å². The maximum absolute atomic E-state index is 6.08. The van der Waals surface area contributed by atoms with Gasteiger partial charge in [0.05, 0.1) is 5.69 Å². The number of halogens is 2.